The third-order valence-electron chi connectivity index (χ3n) is 9.51. The number of hydrogen-bond donors (Lipinski definition) is 0. The molecular formula is C38H33BN2O2. The molecule has 5 aromatic carbocycles. The smallest absolute Gasteiger partial charge is 0.252 e. The van der Waals surface area contributed by atoms with Gasteiger partial charge in [0.25, 0.3) is 6.71 Å². The molecule has 5 heteroatoms. The van der Waals surface area contributed by atoms with Gasteiger partial charge in [0.2, 0.25) is 0 Å². The van der Waals surface area contributed by atoms with E-state index in [-0.39, 0.29) is 17.5 Å². The molecule has 0 spiro atoms. The Morgan fingerprint density at radius 2 is 1.07 bits per heavy atom. The highest BCUT2D eigenvalue weighted by Gasteiger charge is 2.48. The standard InChI is InChI=1S/C38H33BN2O2/c1-37(2,3)22-17-18-27-32(20-22)43-33-21-23(38(4,5)6)19-25-36(33)41(27)29-14-10-13-28-34(29)39(25)24-11-9-16-31-35(24)40(28)26-12-7-8-15-30(26)42-31/h7-21H,1-6H3. The van der Waals surface area contributed by atoms with Crippen LogP contribution in [0, 0.1) is 0 Å². The zero-order valence-corrected chi connectivity index (χ0v) is 25.4. The highest BCUT2D eigenvalue weighted by molar-refractivity contribution is 7.00. The molecule has 0 N–H and O–H groups in total. The van der Waals surface area contributed by atoms with Crippen LogP contribution in [0.25, 0.3) is 0 Å². The molecule has 210 valence electrons. The lowest BCUT2D eigenvalue weighted by atomic mass is 9.33. The van der Waals surface area contributed by atoms with E-state index >= 15 is 0 Å². The first-order valence-electron chi connectivity index (χ1n) is 15.2. The van der Waals surface area contributed by atoms with Gasteiger partial charge in [-0.3, -0.25) is 0 Å². The summed E-state index contributed by atoms with van der Waals surface area (Å²) in [6, 6.07) is 33.1. The fourth-order valence-electron chi connectivity index (χ4n) is 7.35. The van der Waals surface area contributed by atoms with Gasteiger partial charge in [0.1, 0.15) is 0 Å². The minimum Gasteiger partial charge on any atom is -0.453 e. The molecule has 4 aliphatic heterocycles. The first kappa shape index (κ1) is 24.9. The van der Waals surface area contributed by atoms with Gasteiger partial charge in [-0.1, -0.05) is 84.0 Å². The van der Waals surface area contributed by atoms with Crippen molar-refractivity contribution in [2.45, 2.75) is 52.4 Å². The number of rotatable bonds is 0. The fraction of sp³-hybridized carbons (Fsp3) is 0.211. The van der Waals surface area contributed by atoms with Crippen molar-refractivity contribution in [1.29, 1.82) is 0 Å². The first-order valence-corrected chi connectivity index (χ1v) is 15.2. The molecule has 0 amide bonds. The van der Waals surface area contributed by atoms with Crippen LogP contribution in [0.15, 0.2) is 91.0 Å². The topological polar surface area (TPSA) is 24.9 Å². The van der Waals surface area contributed by atoms with Gasteiger partial charge in [-0.05, 0) is 86.9 Å². The molecule has 0 saturated heterocycles. The van der Waals surface area contributed by atoms with Crippen LogP contribution in [0.2, 0.25) is 0 Å². The van der Waals surface area contributed by atoms with Gasteiger partial charge in [0.15, 0.2) is 23.0 Å². The molecule has 0 atom stereocenters. The van der Waals surface area contributed by atoms with Gasteiger partial charge < -0.3 is 19.3 Å². The Bertz CT molecular complexity index is 2030. The average molecular weight is 561 g/mol. The predicted molar refractivity (Wildman–Crippen MR) is 178 cm³/mol. The Morgan fingerprint density at radius 3 is 1.81 bits per heavy atom. The van der Waals surface area contributed by atoms with Crippen molar-refractivity contribution in [1.82, 2.24) is 0 Å². The largest absolute Gasteiger partial charge is 0.453 e. The number of para-hydroxylation sites is 3. The maximum atomic E-state index is 6.89. The second kappa shape index (κ2) is 8.05. The molecule has 4 heterocycles. The summed E-state index contributed by atoms with van der Waals surface area (Å²) in [4.78, 5) is 4.88. The van der Waals surface area contributed by atoms with Crippen LogP contribution < -0.4 is 35.7 Å². The Morgan fingerprint density at radius 1 is 0.488 bits per heavy atom. The molecule has 0 bridgehead atoms. The molecule has 0 unspecified atom stereocenters. The van der Waals surface area contributed by atoms with Crippen molar-refractivity contribution in [3.8, 4) is 23.0 Å². The monoisotopic (exact) mass is 560 g/mol. The third-order valence-corrected chi connectivity index (χ3v) is 9.51. The lowest BCUT2D eigenvalue weighted by Gasteiger charge is -2.47. The zero-order chi connectivity index (χ0) is 29.4. The van der Waals surface area contributed by atoms with Crippen LogP contribution in [-0.2, 0) is 10.8 Å². The maximum Gasteiger partial charge on any atom is 0.252 e. The number of ether oxygens (including phenoxy) is 2. The second-order valence-electron chi connectivity index (χ2n) is 14.3. The Labute approximate surface area is 253 Å². The van der Waals surface area contributed by atoms with Crippen molar-refractivity contribution < 1.29 is 9.47 Å². The van der Waals surface area contributed by atoms with Gasteiger partial charge >= 0.3 is 0 Å². The average Bonchev–Trinajstić information content (AvgIpc) is 2.98. The van der Waals surface area contributed by atoms with Crippen molar-refractivity contribution in [3.05, 3.63) is 102 Å². The van der Waals surface area contributed by atoms with Gasteiger partial charge in [-0.25, -0.2) is 0 Å². The van der Waals surface area contributed by atoms with E-state index in [0.29, 0.717) is 0 Å². The fourth-order valence-corrected chi connectivity index (χ4v) is 7.35. The van der Waals surface area contributed by atoms with E-state index < -0.39 is 0 Å². The first-order chi connectivity index (χ1) is 20.6. The van der Waals surface area contributed by atoms with Crippen molar-refractivity contribution >= 4 is 57.2 Å². The molecule has 0 aromatic heterocycles. The lowest BCUT2D eigenvalue weighted by Crippen LogP contribution is -2.62. The second-order valence-corrected chi connectivity index (χ2v) is 14.3. The molecule has 5 aromatic rings. The van der Waals surface area contributed by atoms with E-state index in [1.54, 1.807) is 0 Å². The summed E-state index contributed by atoms with van der Waals surface area (Å²) in [7, 11) is 0. The van der Waals surface area contributed by atoms with Crippen LogP contribution in [0.4, 0.5) is 34.1 Å². The van der Waals surface area contributed by atoms with Gasteiger partial charge in [0.05, 0.1) is 22.7 Å². The van der Waals surface area contributed by atoms with Crippen molar-refractivity contribution in [2.24, 2.45) is 0 Å². The normalized spacial score (nSPS) is 15.0. The number of nitrogens with zero attached hydrogens (tertiary/aromatic N) is 2. The number of hydrogen-bond acceptors (Lipinski definition) is 4. The predicted octanol–water partition coefficient (Wildman–Crippen LogP) is 8.58. The van der Waals surface area contributed by atoms with E-state index in [0.717, 1.165) is 45.7 Å². The summed E-state index contributed by atoms with van der Waals surface area (Å²) in [6.45, 7) is 13.7. The Balaban J connectivity index is 1.39. The molecule has 0 aliphatic carbocycles. The van der Waals surface area contributed by atoms with Crippen LogP contribution >= 0.6 is 0 Å². The third kappa shape index (κ3) is 3.28. The van der Waals surface area contributed by atoms with E-state index in [1.807, 2.05) is 6.07 Å². The molecule has 4 aliphatic rings. The van der Waals surface area contributed by atoms with Crippen molar-refractivity contribution in [3.63, 3.8) is 0 Å². The summed E-state index contributed by atoms with van der Waals surface area (Å²) in [6.07, 6.45) is 0. The van der Waals surface area contributed by atoms with E-state index in [9.17, 15) is 0 Å². The highest BCUT2D eigenvalue weighted by Crippen LogP contribution is 2.56. The minimum atomic E-state index is -0.0497. The molecule has 43 heavy (non-hydrogen) atoms. The van der Waals surface area contributed by atoms with E-state index in [2.05, 4.69) is 136 Å². The van der Waals surface area contributed by atoms with Crippen molar-refractivity contribution in [2.75, 3.05) is 9.80 Å². The number of anilines is 6. The summed E-state index contributed by atoms with van der Waals surface area (Å²) in [5, 5.41) is 0. The molecule has 4 nitrogen and oxygen atoms in total. The zero-order valence-electron chi connectivity index (χ0n) is 25.4. The maximum absolute atomic E-state index is 6.89. The molecule has 0 radical (unpaired) electrons. The summed E-state index contributed by atoms with van der Waals surface area (Å²) in [5.74, 6) is 3.60. The Hall–Kier alpha value is -4.64. The van der Waals surface area contributed by atoms with Crippen LogP contribution in [0.3, 0.4) is 0 Å². The molecular weight excluding hydrogens is 527 g/mol. The SMILES string of the molecule is CC(C)(C)c1ccc2c(c1)Oc1cc(C(C)(C)C)cc3c1N2c1cccc2c1B3c1cccc3c1N2c1ccccc1O3. The van der Waals surface area contributed by atoms with E-state index in [1.165, 1.54) is 38.9 Å². The molecule has 9 rings (SSSR count). The number of benzene rings is 5. The number of fused-ring (bicyclic) bond motifs is 8. The lowest BCUT2D eigenvalue weighted by molar-refractivity contribution is 0.470. The summed E-state index contributed by atoms with van der Waals surface area (Å²) < 4.78 is 13.4. The van der Waals surface area contributed by atoms with Gasteiger partial charge in [-0.15, -0.1) is 0 Å². The van der Waals surface area contributed by atoms with Gasteiger partial charge in [-0.2, -0.15) is 0 Å². The van der Waals surface area contributed by atoms with Crippen LogP contribution in [-0.4, -0.2) is 6.71 Å². The molecule has 0 saturated carbocycles. The molecule has 0 fully saturated rings. The van der Waals surface area contributed by atoms with Crippen LogP contribution in [0.5, 0.6) is 23.0 Å². The quantitative estimate of drug-likeness (QED) is 0.174. The summed E-state index contributed by atoms with van der Waals surface area (Å²) in [5.41, 5.74) is 13.2. The van der Waals surface area contributed by atoms with Crippen LogP contribution in [0.1, 0.15) is 52.7 Å². The van der Waals surface area contributed by atoms with E-state index in [4.69, 9.17) is 9.47 Å². The minimum absolute atomic E-state index is 0.0150. The highest BCUT2D eigenvalue weighted by atomic mass is 16.5. The Kier molecular flexibility index (Phi) is 4.66. The summed E-state index contributed by atoms with van der Waals surface area (Å²) >= 11 is 0. The van der Waals surface area contributed by atoms with Gasteiger partial charge in [0, 0.05) is 11.4 Å².